The van der Waals surface area contributed by atoms with Crippen LogP contribution in [0.4, 0.5) is 0 Å². The summed E-state index contributed by atoms with van der Waals surface area (Å²) in [6.45, 7) is 1.88. The molecule has 1 saturated heterocycles. The zero-order chi connectivity index (χ0) is 14.8. The van der Waals surface area contributed by atoms with Crippen LogP contribution in [0.15, 0.2) is 22.1 Å². The molecule has 1 fully saturated rings. The highest BCUT2D eigenvalue weighted by atomic mass is 79.9. The van der Waals surface area contributed by atoms with Crippen molar-refractivity contribution >= 4 is 33.2 Å². The van der Waals surface area contributed by atoms with Gasteiger partial charge < -0.3 is 9.64 Å². The molecule has 0 N–H and O–H groups in total. The molecule has 3 rings (SSSR count). The Labute approximate surface area is 134 Å². The highest BCUT2D eigenvalue weighted by Crippen LogP contribution is 2.26. The normalized spacial score (nSPS) is 18.4. The number of aromatic nitrogens is 3. The van der Waals surface area contributed by atoms with Gasteiger partial charge in [-0.15, -0.1) is 16.4 Å². The van der Waals surface area contributed by atoms with Gasteiger partial charge in [-0.05, 0) is 28.4 Å². The first-order valence-electron chi connectivity index (χ1n) is 6.60. The minimum Gasteiger partial charge on any atom is -0.378 e. The smallest absolute Gasteiger partial charge is 0.264 e. The van der Waals surface area contributed by atoms with Crippen molar-refractivity contribution in [3.63, 3.8) is 0 Å². The highest BCUT2D eigenvalue weighted by Gasteiger charge is 2.29. The number of likely N-dealkylation sites (tertiary alicyclic amines) is 1. The molecule has 0 unspecified atom stereocenters. The van der Waals surface area contributed by atoms with Crippen LogP contribution in [0, 0.1) is 0 Å². The second-order valence-electron chi connectivity index (χ2n) is 4.95. The molecule has 6 nitrogen and oxygen atoms in total. The Hall–Kier alpha value is -1.25. The fourth-order valence-corrected chi connectivity index (χ4v) is 3.82. The van der Waals surface area contributed by atoms with E-state index >= 15 is 0 Å². The van der Waals surface area contributed by atoms with E-state index in [1.165, 1.54) is 11.3 Å². The van der Waals surface area contributed by atoms with Gasteiger partial charge in [0.2, 0.25) is 0 Å². The molecule has 0 saturated carbocycles. The average molecular weight is 371 g/mol. The molecule has 1 aliphatic rings. The van der Waals surface area contributed by atoms with Crippen LogP contribution in [-0.4, -0.2) is 46.0 Å². The maximum absolute atomic E-state index is 12.4. The lowest BCUT2D eigenvalue weighted by molar-refractivity contribution is 0.0791. The predicted molar refractivity (Wildman–Crippen MR) is 82.3 cm³/mol. The molecule has 0 radical (unpaired) electrons. The van der Waals surface area contributed by atoms with Gasteiger partial charge in [0.1, 0.15) is 5.69 Å². The van der Waals surface area contributed by atoms with Crippen molar-refractivity contribution in [1.82, 2.24) is 19.9 Å². The summed E-state index contributed by atoms with van der Waals surface area (Å²) in [5.74, 6) is 0.0884. The number of nitrogens with zero attached hydrogens (tertiary/aromatic N) is 4. The van der Waals surface area contributed by atoms with Crippen molar-refractivity contribution in [3.05, 3.63) is 32.7 Å². The number of halogens is 1. The van der Waals surface area contributed by atoms with Crippen LogP contribution in [0.1, 0.15) is 27.8 Å². The number of hydrogen-bond donors (Lipinski definition) is 0. The topological polar surface area (TPSA) is 60.2 Å². The van der Waals surface area contributed by atoms with Crippen LogP contribution in [0.2, 0.25) is 0 Å². The number of methoxy groups -OCH3 is 1. The molecule has 1 aliphatic heterocycles. The lowest BCUT2D eigenvalue weighted by Gasteiger charge is -2.15. The van der Waals surface area contributed by atoms with Crippen LogP contribution in [-0.2, 0) is 11.3 Å². The fourth-order valence-electron chi connectivity index (χ4n) is 2.43. The van der Waals surface area contributed by atoms with Gasteiger partial charge in [0.05, 0.1) is 23.7 Å². The second kappa shape index (κ2) is 6.25. The first-order valence-corrected chi connectivity index (χ1v) is 8.27. The van der Waals surface area contributed by atoms with Crippen molar-refractivity contribution < 1.29 is 9.53 Å². The first kappa shape index (κ1) is 14.7. The van der Waals surface area contributed by atoms with E-state index in [1.54, 1.807) is 7.11 Å². The SMILES string of the molecule is COCc1cn([C@H]2CCN(C(=O)c3cc(Br)cs3)C2)nn1. The van der Waals surface area contributed by atoms with Crippen molar-refractivity contribution in [2.75, 3.05) is 20.2 Å². The van der Waals surface area contributed by atoms with Gasteiger partial charge in [-0.3, -0.25) is 4.79 Å². The Bertz CT molecular complexity index is 642. The first-order chi connectivity index (χ1) is 10.2. The van der Waals surface area contributed by atoms with E-state index in [0.717, 1.165) is 28.0 Å². The van der Waals surface area contributed by atoms with E-state index < -0.39 is 0 Å². The van der Waals surface area contributed by atoms with E-state index in [0.29, 0.717) is 13.2 Å². The summed E-state index contributed by atoms with van der Waals surface area (Å²) >= 11 is 4.84. The Balaban J connectivity index is 1.65. The van der Waals surface area contributed by atoms with Crippen LogP contribution in [0.3, 0.4) is 0 Å². The molecule has 3 heterocycles. The number of hydrogen-bond acceptors (Lipinski definition) is 5. The molecule has 0 aromatic carbocycles. The van der Waals surface area contributed by atoms with E-state index in [9.17, 15) is 4.79 Å². The molecule has 2 aromatic rings. The summed E-state index contributed by atoms with van der Waals surface area (Å²) in [6.07, 6.45) is 2.79. The molecule has 21 heavy (non-hydrogen) atoms. The number of ether oxygens (including phenoxy) is 1. The van der Waals surface area contributed by atoms with Crippen molar-refractivity contribution in [1.29, 1.82) is 0 Å². The van der Waals surface area contributed by atoms with Gasteiger partial charge in [-0.1, -0.05) is 5.21 Å². The minimum atomic E-state index is 0.0884. The lowest BCUT2D eigenvalue weighted by Crippen LogP contribution is -2.28. The third-order valence-electron chi connectivity index (χ3n) is 3.45. The molecule has 8 heteroatoms. The molecule has 0 bridgehead atoms. The van der Waals surface area contributed by atoms with Crippen LogP contribution in [0.5, 0.6) is 0 Å². The third kappa shape index (κ3) is 3.17. The van der Waals surface area contributed by atoms with Gasteiger partial charge in [0, 0.05) is 30.1 Å². The van der Waals surface area contributed by atoms with Gasteiger partial charge in [0.25, 0.3) is 5.91 Å². The van der Waals surface area contributed by atoms with Crippen molar-refractivity contribution in [2.24, 2.45) is 0 Å². The van der Waals surface area contributed by atoms with Gasteiger partial charge in [0.15, 0.2) is 0 Å². The van der Waals surface area contributed by atoms with Gasteiger partial charge >= 0.3 is 0 Å². The second-order valence-corrected chi connectivity index (χ2v) is 6.77. The zero-order valence-electron chi connectivity index (χ0n) is 11.5. The average Bonchev–Trinajstić information content (AvgIpc) is 3.17. The maximum Gasteiger partial charge on any atom is 0.264 e. The Morgan fingerprint density at radius 2 is 2.48 bits per heavy atom. The molecular formula is C13H15BrN4O2S. The van der Waals surface area contributed by atoms with Crippen LogP contribution < -0.4 is 0 Å². The van der Waals surface area contributed by atoms with E-state index in [2.05, 4.69) is 26.2 Å². The Kier molecular flexibility index (Phi) is 4.37. The van der Waals surface area contributed by atoms with Crippen molar-refractivity contribution in [2.45, 2.75) is 19.1 Å². The number of carbonyl (C=O) groups excluding carboxylic acids is 1. The molecule has 0 spiro atoms. The number of amides is 1. The largest absolute Gasteiger partial charge is 0.378 e. The fraction of sp³-hybridized carbons (Fsp3) is 0.462. The predicted octanol–water partition coefficient (Wildman–Crippen LogP) is 2.34. The number of carbonyl (C=O) groups is 1. The summed E-state index contributed by atoms with van der Waals surface area (Å²) in [5.41, 5.74) is 0.810. The van der Waals surface area contributed by atoms with E-state index in [1.807, 2.05) is 27.2 Å². The summed E-state index contributed by atoms with van der Waals surface area (Å²) in [6, 6.07) is 2.06. The van der Waals surface area contributed by atoms with E-state index in [-0.39, 0.29) is 11.9 Å². The summed E-state index contributed by atoms with van der Waals surface area (Å²) in [7, 11) is 1.63. The quantitative estimate of drug-likeness (QED) is 0.828. The minimum absolute atomic E-state index is 0.0884. The Morgan fingerprint density at radius 3 is 3.19 bits per heavy atom. The van der Waals surface area contributed by atoms with Crippen LogP contribution >= 0.6 is 27.3 Å². The maximum atomic E-state index is 12.4. The Morgan fingerprint density at radius 1 is 1.62 bits per heavy atom. The lowest BCUT2D eigenvalue weighted by atomic mass is 10.3. The van der Waals surface area contributed by atoms with Crippen LogP contribution in [0.25, 0.3) is 0 Å². The molecule has 1 atom stereocenters. The van der Waals surface area contributed by atoms with Gasteiger partial charge in [-0.2, -0.15) is 0 Å². The molecule has 0 aliphatic carbocycles. The zero-order valence-corrected chi connectivity index (χ0v) is 13.9. The standard InChI is InChI=1S/C13H15BrN4O2S/c1-20-7-10-5-18(16-15-10)11-2-3-17(6-11)13(19)12-4-9(14)8-21-12/h4-5,8,11H,2-3,6-7H2,1H3/t11-/m0/s1. The van der Waals surface area contributed by atoms with Crippen molar-refractivity contribution in [3.8, 4) is 0 Å². The van der Waals surface area contributed by atoms with Gasteiger partial charge in [-0.25, -0.2) is 4.68 Å². The highest BCUT2D eigenvalue weighted by molar-refractivity contribution is 9.10. The number of rotatable bonds is 4. The van der Waals surface area contributed by atoms with E-state index in [4.69, 9.17) is 4.74 Å². The molecule has 1 amide bonds. The molecular weight excluding hydrogens is 356 g/mol. The summed E-state index contributed by atoms with van der Waals surface area (Å²) < 4.78 is 7.83. The molecule has 2 aromatic heterocycles. The monoisotopic (exact) mass is 370 g/mol. The molecule has 112 valence electrons. The number of thiophene rings is 1. The summed E-state index contributed by atoms with van der Waals surface area (Å²) in [5, 5.41) is 10.1. The summed E-state index contributed by atoms with van der Waals surface area (Å²) in [4.78, 5) is 15.0. The third-order valence-corrected chi connectivity index (χ3v) is 5.13.